The van der Waals surface area contributed by atoms with E-state index >= 15 is 0 Å². The van der Waals surface area contributed by atoms with E-state index in [1.807, 2.05) is 13.3 Å². The van der Waals surface area contributed by atoms with Crippen LogP contribution in [0, 0.1) is 5.92 Å². The second-order valence-electron chi connectivity index (χ2n) is 7.94. The molecule has 0 aliphatic carbocycles. The molecule has 2 saturated heterocycles. The van der Waals surface area contributed by atoms with E-state index in [-0.39, 0.29) is 11.9 Å². The first-order valence-electron chi connectivity index (χ1n) is 9.96. The summed E-state index contributed by atoms with van der Waals surface area (Å²) in [4.78, 5) is 15.1. The highest BCUT2D eigenvalue weighted by atomic mass is 35.5. The van der Waals surface area contributed by atoms with Crippen LogP contribution in [0.25, 0.3) is 0 Å². The minimum Gasteiger partial charge on any atom is -0.388 e. The van der Waals surface area contributed by atoms with E-state index in [1.165, 1.54) is 18.9 Å². The number of likely N-dealkylation sites (N-methyl/N-ethyl adjacent to an activating group) is 1. The molecule has 9 heteroatoms. The maximum atomic E-state index is 13.0. The van der Waals surface area contributed by atoms with E-state index in [9.17, 15) is 15.0 Å². The van der Waals surface area contributed by atoms with Gasteiger partial charge in [-0.15, -0.1) is 23.4 Å². The normalized spacial score (nSPS) is 38.9. The number of nitrogens with zero attached hydrogens (tertiary/aromatic N) is 1. The van der Waals surface area contributed by atoms with Crippen LogP contribution in [0.1, 0.15) is 33.1 Å². The van der Waals surface area contributed by atoms with Crippen molar-refractivity contribution in [3.05, 3.63) is 0 Å². The molecular formula is C19H35ClN2O5S. The minimum absolute atomic E-state index is 0.113. The summed E-state index contributed by atoms with van der Waals surface area (Å²) in [6.07, 6.45) is 1.05. The van der Waals surface area contributed by atoms with Gasteiger partial charge in [0.05, 0.1) is 17.5 Å². The summed E-state index contributed by atoms with van der Waals surface area (Å²) in [7, 11) is 3.43. The van der Waals surface area contributed by atoms with Crippen molar-refractivity contribution in [3.63, 3.8) is 0 Å². The van der Waals surface area contributed by atoms with E-state index in [4.69, 9.17) is 21.1 Å². The fraction of sp³-hybridized carbons (Fsp3) is 0.947. The molecule has 164 valence electrons. The number of aliphatic hydroxyl groups is 2. The number of carbonyl (C=O) groups is 1. The van der Waals surface area contributed by atoms with Crippen molar-refractivity contribution in [1.29, 1.82) is 0 Å². The first-order chi connectivity index (χ1) is 13.2. The molecule has 0 unspecified atom stereocenters. The molecule has 0 bridgehead atoms. The Labute approximate surface area is 177 Å². The molecule has 2 aliphatic rings. The molecule has 2 heterocycles. The number of methoxy groups -OCH3 is 1. The van der Waals surface area contributed by atoms with Crippen LogP contribution in [-0.4, -0.2) is 95.3 Å². The van der Waals surface area contributed by atoms with E-state index in [0.717, 1.165) is 25.8 Å². The highest BCUT2D eigenvalue weighted by molar-refractivity contribution is 7.99. The van der Waals surface area contributed by atoms with Crippen molar-refractivity contribution in [2.24, 2.45) is 5.92 Å². The Hall–Kier alpha value is -0.0900. The zero-order valence-corrected chi connectivity index (χ0v) is 18.9. The van der Waals surface area contributed by atoms with Crippen LogP contribution in [0.4, 0.5) is 0 Å². The van der Waals surface area contributed by atoms with Crippen LogP contribution in [0.3, 0.4) is 0 Å². The van der Waals surface area contributed by atoms with Crippen LogP contribution >= 0.6 is 23.4 Å². The van der Waals surface area contributed by atoms with Gasteiger partial charge in [0, 0.05) is 13.7 Å². The number of aliphatic hydroxyl groups excluding tert-OH is 2. The molecule has 28 heavy (non-hydrogen) atoms. The van der Waals surface area contributed by atoms with Crippen LogP contribution in [0.2, 0.25) is 0 Å². The van der Waals surface area contributed by atoms with Crippen molar-refractivity contribution < 1.29 is 24.5 Å². The fourth-order valence-electron chi connectivity index (χ4n) is 4.35. The van der Waals surface area contributed by atoms with Gasteiger partial charge in [0.2, 0.25) is 5.91 Å². The van der Waals surface area contributed by atoms with Gasteiger partial charge in [-0.05, 0) is 39.0 Å². The summed E-state index contributed by atoms with van der Waals surface area (Å²) in [5.41, 5.74) is -0.466. The number of carbonyl (C=O) groups excluding carboxylic acids is 1. The van der Waals surface area contributed by atoms with Gasteiger partial charge in [-0.1, -0.05) is 13.3 Å². The smallest absolute Gasteiger partial charge is 0.237 e. The van der Waals surface area contributed by atoms with E-state index in [0.29, 0.717) is 5.92 Å². The molecule has 0 saturated carbocycles. The van der Waals surface area contributed by atoms with E-state index in [2.05, 4.69) is 17.1 Å². The molecule has 0 aromatic carbocycles. The first-order valence-corrected chi connectivity index (χ1v) is 11.7. The SMILES string of the molecule is CCC[C@@H]1C[C@@H](C(=O)N[C@@H]([C@H]2O[C@H](SC)[C@H](OC)[C@@H](O)[C@H]2O)[C@H](C)Cl)N(C)C1. The van der Waals surface area contributed by atoms with Crippen LogP contribution < -0.4 is 5.32 Å². The van der Waals surface area contributed by atoms with Crippen LogP contribution in [0.15, 0.2) is 0 Å². The lowest BCUT2D eigenvalue weighted by atomic mass is 9.92. The number of hydrogen-bond acceptors (Lipinski definition) is 7. The number of rotatable bonds is 8. The predicted octanol–water partition coefficient (Wildman–Crippen LogP) is 1.04. The van der Waals surface area contributed by atoms with Crippen LogP contribution in [0.5, 0.6) is 0 Å². The molecule has 0 radical (unpaired) electrons. The van der Waals surface area contributed by atoms with Gasteiger partial charge in [-0.25, -0.2) is 0 Å². The molecule has 0 aromatic rings. The molecule has 2 aliphatic heterocycles. The highest BCUT2D eigenvalue weighted by Crippen LogP contribution is 2.32. The zero-order valence-electron chi connectivity index (χ0n) is 17.4. The summed E-state index contributed by atoms with van der Waals surface area (Å²) in [6, 6.07) is -0.854. The summed E-state index contributed by atoms with van der Waals surface area (Å²) >= 11 is 7.76. The van der Waals surface area contributed by atoms with Crippen molar-refractivity contribution in [2.75, 3.05) is 27.0 Å². The van der Waals surface area contributed by atoms with Gasteiger partial charge < -0.3 is 25.0 Å². The first kappa shape index (κ1) is 24.2. The molecule has 0 spiro atoms. The number of alkyl halides is 1. The number of thioether (sulfide) groups is 1. The average Bonchev–Trinajstić information content (AvgIpc) is 3.02. The second kappa shape index (κ2) is 10.8. The topological polar surface area (TPSA) is 91.3 Å². The summed E-state index contributed by atoms with van der Waals surface area (Å²) < 4.78 is 11.3. The quantitative estimate of drug-likeness (QED) is 0.488. The van der Waals surface area contributed by atoms with Gasteiger partial charge >= 0.3 is 0 Å². The molecule has 2 fully saturated rings. The Bertz CT molecular complexity index is 513. The molecule has 9 atom stereocenters. The molecule has 0 aromatic heterocycles. The number of hydrogen-bond donors (Lipinski definition) is 3. The van der Waals surface area contributed by atoms with E-state index in [1.54, 1.807) is 6.92 Å². The lowest BCUT2D eigenvalue weighted by Crippen LogP contribution is -2.65. The predicted molar refractivity (Wildman–Crippen MR) is 112 cm³/mol. The van der Waals surface area contributed by atoms with Crippen molar-refractivity contribution >= 4 is 29.3 Å². The molecule has 3 N–H and O–H groups in total. The zero-order chi connectivity index (χ0) is 21.0. The molecule has 2 rings (SSSR count). The number of likely N-dealkylation sites (tertiary alicyclic amines) is 1. The maximum Gasteiger partial charge on any atom is 0.237 e. The largest absolute Gasteiger partial charge is 0.388 e. The van der Waals surface area contributed by atoms with Crippen LogP contribution in [-0.2, 0) is 14.3 Å². The number of nitrogens with one attached hydrogen (secondary N) is 1. The van der Waals surface area contributed by atoms with Gasteiger partial charge in [0.15, 0.2) is 0 Å². The van der Waals surface area contributed by atoms with Crippen molar-refractivity contribution in [3.8, 4) is 0 Å². The Morgan fingerprint density at radius 2 is 2.11 bits per heavy atom. The van der Waals surface area contributed by atoms with Crippen molar-refractivity contribution in [1.82, 2.24) is 10.2 Å². The van der Waals surface area contributed by atoms with E-state index < -0.39 is 41.3 Å². The summed E-state index contributed by atoms with van der Waals surface area (Å²) in [5.74, 6) is 0.401. The second-order valence-corrected chi connectivity index (χ2v) is 9.57. The number of halogens is 1. The highest BCUT2D eigenvalue weighted by Gasteiger charge is 2.49. The number of amides is 1. The van der Waals surface area contributed by atoms with Gasteiger partial charge in [0.25, 0.3) is 0 Å². The Balaban J connectivity index is 2.11. The summed E-state index contributed by atoms with van der Waals surface area (Å²) in [6.45, 7) is 4.81. The molecule has 1 amide bonds. The van der Waals surface area contributed by atoms with Gasteiger partial charge in [-0.3, -0.25) is 9.69 Å². The third kappa shape index (κ3) is 5.33. The molecular weight excluding hydrogens is 404 g/mol. The minimum atomic E-state index is -1.21. The average molecular weight is 439 g/mol. The molecule has 7 nitrogen and oxygen atoms in total. The maximum absolute atomic E-state index is 13.0. The van der Waals surface area contributed by atoms with Gasteiger partial charge in [0.1, 0.15) is 29.9 Å². The fourth-order valence-corrected chi connectivity index (χ4v) is 5.33. The number of ether oxygens (including phenoxy) is 2. The lowest BCUT2D eigenvalue weighted by Gasteiger charge is -2.45. The van der Waals surface area contributed by atoms with Crippen molar-refractivity contribution in [2.45, 2.75) is 80.4 Å². The monoisotopic (exact) mass is 438 g/mol. The van der Waals surface area contributed by atoms with Gasteiger partial charge in [-0.2, -0.15) is 0 Å². The third-order valence-corrected chi connectivity index (χ3v) is 6.99. The Morgan fingerprint density at radius 1 is 1.43 bits per heavy atom. The standard InChI is InChI=1S/C19H35ClN2O5S/c1-6-7-11-8-12(22(3)9-11)18(25)21-13(10(2)20)16-14(23)15(24)17(26-4)19(27-16)28-5/h10-17,19,23-24H,6-9H2,1-5H3,(H,21,25)/t10-,11+,12-,13+,14+,15-,16+,17+,19+/m0/s1. The lowest BCUT2D eigenvalue weighted by molar-refractivity contribution is -0.212. The Kier molecular flexibility index (Phi) is 9.32. The Morgan fingerprint density at radius 3 is 2.64 bits per heavy atom. The summed E-state index contributed by atoms with van der Waals surface area (Å²) in [5, 5.41) is 23.6. The third-order valence-electron chi connectivity index (χ3n) is 5.88.